The molecule has 0 spiro atoms. The summed E-state index contributed by atoms with van der Waals surface area (Å²) in [5.74, 6) is 0.0961. The third-order valence-corrected chi connectivity index (χ3v) is 7.25. The Morgan fingerprint density at radius 2 is 2.33 bits per heavy atom. The molecule has 2 saturated heterocycles. The van der Waals surface area contributed by atoms with E-state index in [1.54, 1.807) is 13.8 Å². The van der Waals surface area contributed by atoms with Crippen LogP contribution in [-0.2, 0) is 30.1 Å². The summed E-state index contributed by atoms with van der Waals surface area (Å²) >= 11 is 18.4. The second kappa shape index (κ2) is 6.48. The Balaban J connectivity index is 1.90. The average molecular weight is 416 g/mol. The van der Waals surface area contributed by atoms with Gasteiger partial charge in [-0.3, -0.25) is 9.09 Å². The lowest BCUT2D eigenvalue weighted by atomic mass is 10.1. The van der Waals surface area contributed by atoms with Crippen molar-refractivity contribution in [3.05, 3.63) is 22.7 Å². The van der Waals surface area contributed by atoms with Gasteiger partial charge in [-0.15, -0.1) is 11.6 Å². The molecular formula is C12H16Cl2N3O5PS. The minimum atomic E-state index is -3.07. The van der Waals surface area contributed by atoms with Crippen molar-refractivity contribution in [2.45, 2.75) is 42.7 Å². The van der Waals surface area contributed by atoms with Gasteiger partial charge in [-0.25, -0.2) is 4.79 Å². The predicted molar refractivity (Wildman–Crippen MR) is 92.6 cm³/mol. The number of ether oxygens (including phenoxy) is 1. The number of alkyl halides is 2. The van der Waals surface area contributed by atoms with Crippen LogP contribution < -0.4 is 11.4 Å². The van der Waals surface area contributed by atoms with E-state index < -0.39 is 35.2 Å². The molecule has 5 atom stereocenters. The quantitative estimate of drug-likeness (QED) is 0.590. The van der Waals surface area contributed by atoms with Crippen molar-refractivity contribution >= 4 is 47.5 Å². The van der Waals surface area contributed by atoms with Crippen LogP contribution in [0, 0.1) is 0 Å². The van der Waals surface area contributed by atoms with Gasteiger partial charge < -0.3 is 19.5 Å². The monoisotopic (exact) mass is 415 g/mol. The molecule has 2 N–H and O–H groups in total. The number of aromatic nitrogens is 2. The SMILES string of the molecule is CC(C)OP1(=S)OCC2OC(n3ccc(N)nc3=O)C(Cl)C2(Cl)O1. The molecule has 3 heterocycles. The first-order chi connectivity index (χ1) is 11.1. The van der Waals surface area contributed by atoms with E-state index in [0.717, 1.165) is 0 Å². The summed E-state index contributed by atoms with van der Waals surface area (Å²) in [6, 6.07) is 1.46. The van der Waals surface area contributed by atoms with Gasteiger partial charge in [0.15, 0.2) is 11.3 Å². The van der Waals surface area contributed by atoms with Crippen LogP contribution in [0.1, 0.15) is 20.1 Å². The normalized spacial score (nSPS) is 39.1. The molecule has 5 unspecified atom stereocenters. The molecular weight excluding hydrogens is 400 g/mol. The number of hydrogen-bond acceptors (Lipinski definition) is 8. The van der Waals surface area contributed by atoms with Crippen LogP contribution in [0.3, 0.4) is 0 Å². The smallest absolute Gasteiger partial charge is 0.351 e. The van der Waals surface area contributed by atoms with Crippen LogP contribution in [0.15, 0.2) is 17.1 Å². The fourth-order valence-electron chi connectivity index (χ4n) is 2.46. The average Bonchev–Trinajstić information content (AvgIpc) is 2.69. The highest BCUT2D eigenvalue weighted by atomic mass is 35.5. The third-order valence-electron chi connectivity index (χ3n) is 3.47. The maximum Gasteiger partial charge on any atom is 0.351 e. The fourth-order valence-corrected chi connectivity index (χ4v) is 6.14. The summed E-state index contributed by atoms with van der Waals surface area (Å²) in [6.07, 6.45) is -0.394. The molecule has 3 rings (SSSR count). The number of nitrogens with zero attached hydrogens (tertiary/aromatic N) is 2. The highest BCUT2D eigenvalue weighted by Crippen LogP contribution is 2.63. The number of nitrogens with two attached hydrogens (primary N) is 1. The van der Waals surface area contributed by atoms with Crippen molar-refractivity contribution in [2.24, 2.45) is 0 Å². The molecule has 0 aromatic carbocycles. The molecule has 2 aliphatic heterocycles. The van der Waals surface area contributed by atoms with Gasteiger partial charge >= 0.3 is 12.4 Å². The molecule has 134 valence electrons. The van der Waals surface area contributed by atoms with Crippen LogP contribution in [0.5, 0.6) is 0 Å². The van der Waals surface area contributed by atoms with E-state index in [2.05, 4.69) is 4.98 Å². The van der Waals surface area contributed by atoms with E-state index in [0.29, 0.717) is 0 Å². The third kappa shape index (κ3) is 3.24. The van der Waals surface area contributed by atoms with Crippen LogP contribution in [-0.4, -0.2) is 38.8 Å². The van der Waals surface area contributed by atoms with Crippen molar-refractivity contribution in [3.63, 3.8) is 0 Å². The van der Waals surface area contributed by atoms with E-state index in [9.17, 15) is 4.79 Å². The van der Waals surface area contributed by atoms with E-state index in [4.69, 9.17) is 59.1 Å². The summed E-state index contributed by atoms with van der Waals surface area (Å²) in [5.41, 5.74) is 4.88. The molecule has 0 amide bonds. The van der Waals surface area contributed by atoms with E-state index in [-0.39, 0.29) is 18.5 Å². The summed E-state index contributed by atoms with van der Waals surface area (Å²) in [7, 11) is 0. The lowest BCUT2D eigenvalue weighted by molar-refractivity contribution is -0.0768. The highest BCUT2D eigenvalue weighted by molar-refractivity contribution is 8.07. The van der Waals surface area contributed by atoms with Gasteiger partial charge in [-0.05, 0) is 31.7 Å². The van der Waals surface area contributed by atoms with Crippen molar-refractivity contribution in [3.8, 4) is 0 Å². The first-order valence-corrected chi connectivity index (χ1v) is 10.5. The second-order valence-electron chi connectivity index (χ2n) is 5.65. The second-order valence-corrected chi connectivity index (χ2v) is 9.59. The van der Waals surface area contributed by atoms with E-state index in [1.807, 2.05) is 0 Å². The molecule has 0 saturated carbocycles. The number of anilines is 1. The summed E-state index contributed by atoms with van der Waals surface area (Å²) in [4.78, 5) is 15.7. The lowest BCUT2D eigenvalue weighted by Gasteiger charge is -2.39. The first kappa shape index (κ1) is 18.5. The van der Waals surface area contributed by atoms with Gasteiger partial charge in [0, 0.05) is 6.20 Å². The van der Waals surface area contributed by atoms with Crippen LogP contribution in [0.4, 0.5) is 5.82 Å². The van der Waals surface area contributed by atoms with Crippen molar-refractivity contribution in [2.75, 3.05) is 12.3 Å². The summed E-state index contributed by atoms with van der Waals surface area (Å²) in [5, 5.41) is -2.40. The first-order valence-electron chi connectivity index (χ1n) is 7.11. The van der Waals surface area contributed by atoms with Gasteiger partial charge in [-0.2, -0.15) is 4.98 Å². The molecule has 1 aromatic rings. The zero-order chi connectivity index (χ0) is 17.7. The maximum absolute atomic E-state index is 12.0. The van der Waals surface area contributed by atoms with Crippen molar-refractivity contribution < 1.29 is 18.3 Å². The van der Waals surface area contributed by atoms with Crippen LogP contribution in [0.25, 0.3) is 0 Å². The Morgan fingerprint density at radius 1 is 1.62 bits per heavy atom. The van der Waals surface area contributed by atoms with Gasteiger partial charge in [0.1, 0.15) is 17.3 Å². The Labute approximate surface area is 153 Å². The molecule has 12 heteroatoms. The number of rotatable bonds is 3. The molecule has 8 nitrogen and oxygen atoms in total. The van der Waals surface area contributed by atoms with Crippen molar-refractivity contribution in [1.82, 2.24) is 9.55 Å². The largest absolute Gasteiger partial charge is 0.383 e. The zero-order valence-corrected chi connectivity index (χ0v) is 16.0. The molecule has 2 fully saturated rings. The Hall–Kier alpha value is -0.250. The van der Waals surface area contributed by atoms with Gasteiger partial charge in [0.25, 0.3) is 0 Å². The van der Waals surface area contributed by atoms with Crippen molar-refractivity contribution in [1.29, 1.82) is 0 Å². The summed E-state index contributed by atoms with van der Waals surface area (Å²) in [6.45, 7) is 0.590. The molecule has 0 aliphatic carbocycles. The van der Waals surface area contributed by atoms with E-state index in [1.165, 1.54) is 16.8 Å². The number of halogens is 2. The predicted octanol–water partition coefficient (Wildman–Crippen LogP) is 1.96. The highest BCUT2D eigenvalue weighted by Gasteiger charge is 2.62. The Morgan fingerprint density at radius 3 is 2.96 bits per heavy atom. The topological polar surface area (TPSA) is 97.8 Å². The molecule has 0 radical (unpaired) electrons. The Bertz CT molecular complexity index is 750. The number of fused-ring (bicyclic) bond motifs is 1. The minimum absolute atomic E-state index is 0.0460. The number of nitrogen functional groups attached to an aromatic ring is 1. The maximum atomic E-state index is 12.0. The molecule has 0 bridgehead atoms. The van der Waals surface area contributed by atoms with Gasteiger partial charge in [0.2, 0.25) is 0 Å². The molecule has 1 aromatic heterocycles. The van der Waals surface area contributed by atoms with E-state index >= 15 is 0 Å². The molecule has 24 heavy (non-hydrogen) atoms. The van der Waals surface area contributed by atoms with Gasteiger partial charge in [0.05, 0.1) is 12.7 Å². The van der Waals surface area contributed by atoms with Crippen LogP contribution in [0.2, 0.25) is 0 Å². The minimum Gasteiger partial charge on any atom is -0.383 e. The Kier molecular flexibility index (Phi) is 5.01. The number of hydrogen-bond donors (Lipinski definition) is 1. The lowest BCUT2D eigenvalue weighted by Crippen LogP contribution is -2.47. The summed E-state index contributed by atoms with van der Waals surface area (Å²) < 4.78 is 23.8. The van der Waals surface area contributed by atoms with Gasteiger partial charge in [-0.1, -0.05) is 11.6 Å². The van der Waals surface area contributed by atoms with Crippen LogP contribution >= 0.6 is 29.9 Å². The standard InChI is InChI=1S/C12H16Cl2N3O5PS/c1-6(2)21-23(24)19-5-7-12(14,22-23)9(13)10(20-7)17-4-3-8(15)16-11(17)18/h3-4,6-7,9-10H,5H2,1-2H3,(H2,15,16,18). The zero-order valence-electron chi connectivity index (χ0n) is 12.8. The molecule has 2 aliphatic rings. The fraction of sp³-hybridized carbons (Fsp3) is 0.667.